The van der Waals surface area contributed by atoms with Crippen molar-refractivity contribution in [2.45, 2.75) is 40.2 Å². The second-order valence-electron chi connectivity index (χ2n) is 8.10. The first-order valence-electron chi connectivity index (χ1n) is 10.7. The average Bonchev–Trinajstić information content (AvgIpc) is 2.81. The van der Waals surface area contributed by atoms with Gasteiger partial charge >= 0.3 is 0 Å². The van der Waals surface area contributed by atoms with Crippen LogP contribution < -0.4 is 10.5 Å². The highest BCUT2D eigenvalue weighted by atomic mass is 16.1. The Morgan fingerprint density at radius 3 is 2.74 bits per heavy atom. The maximum atomic E-state index is 12.4. The summed E-state index contributed by atoms with van der Waals surface area (Å²) in [5.41, 5.74) is 8.57. The van der Waals surface area contributed by atoms with Gasteiger partial charge in [-0.05, 0) is 43.0 Å². The zero-order valence-corrected chi connectivity index (χ0v) is 18.1. The number of fused-ring (bicyclic) bond motifs is 2. The third-order valence-corrected chi connectivity index (χ3v) is 6.30. The van der Waals surface area contributed by atoms with Crippen LogP contribution in [0.3, 0.4) is 0 Å². The van der Waals surface area contributed by atoms with E-state index < -0.39 is 0 Å². The number of nitrogens with zero attached hydrogens (tertiary/aromatic N) is 5. The van der Waals surface area contributed by atoms with Crippen LogP contribution in [0.2, 0.25) is 0 Å². The minimum atomic E-state index is -0.160. The van der Waals surface area contributed by atoms with Gasteiger partial charge in [0.25, 0.3) is 5.56 Å². The number of rotatable bonds is 3. The van der Waals surface area contributed by atoms with Gasteiger partial charge in [0.2, 0.25) is 0 Å². The van der Waals surface area contributed by atoms with Gasteiger partial charge in [-0.15, -0.1) is 5.10 Å². The zero-order valence-electron chi connectivity index (χ0n) is 18.1. The molecule has 0 radical (unpaired) electrons. The highest BCUT2D eigenvalue weighted by Crippen LogP contribution is 2.30. The topological polar surface area (TPSA) is 63.4 Å². The van der Waals surface area contributed by atoms with Crippen LogP contribution in [-0.4, -0.2) is 26.1 Å². The van der Waals surface area contributed by atoms with Crippen LogP contribution in [0.5, 0.6) is 0 Å². The van der Waals surface area contributed by atoms with E-state index in [1.807, 2.05) is 13.1 Å². The van der Waals surface area contributed by atoms with Gasteiger partial charge < -0.3 is 4.90 Å². The molecule has 31 heavy (non-hydrogen) atoms. The van der Waals surface area contributed by atoms with E-state index in [0.29, 0.717) is 5.65 Å². The summed E-state index contributed by atoms with van der Waals surface area (Å²) in [5.74, 6) is 0.838. The molecule has 4 heterocycles. The third kappa shape index (κ3) is 3.28. The molecule has 0 aliphatic carbocycles. The summed E-state index contributed by atoms with van der Waals surface area (Å²) in [6, 6.07) is 12.2. The standard InChI is InChI=1S/C25H25N5O/c1-4-18-7-5-6-8-21(18)19-13-20-15-29(12-10-22(20)27-14-19)25-17(3)16(2)24-26-11-9-23(31)30(24)28-25/h5-9,11,13-14H,4,10,12,15H2,1-3H3. The lowest BCUT2D eigenvalue weighted by molar-refractivity contribution is 0.684. The van der Waals surface area contributed by atoms with Gasteiger partial charge in [0.1, 0.15) is 0 Å². The Balaban J connectivity index is 1.56. The molecular weight excluding hydrogens is 386 g/mol. The van der Waals surface area contributed by atoms with Crippen LogP contribution in [0.25, 0.3) is 16.8 Å². The van der Waals surface area contributed by atoms with E-state index in [4.69, 9.17) is 4.98 Å². The number of aryl methyl sites for hydroxylation is 2. The first-order valence-corrected chi connectivity index (χ1v) is 10.7. The van der Waals surface area contributed by atoms with Crippen molar-refractivity contribution in [2.24, 2.45) is 0 Å². The molecule has 0 saturated carbocycles. The smallest absolute Gasteiger partial charge is 0.274 e. The maximum Gasteiger partial charge on any atom is 0.274 e. The minimum Gasteiger partial charge on any atom is -0.350 e. The molecule has 0 unspecified atom stereocenters. The Hall–Kier alpha value is -3.54. The van der Waals surface area contributed by atoms with E-state index in [2.05, 4.69) is 59.2 Å². The Labute approximate surface area is 181 Å². The Bertz CT molecular complexity index is 1360. The molecule has 0 saturated heterocycles. The Morgan fingerprint density at radius 1 is 1.06 bits per heavy atom. The average molecular weight is 412 g/mol. The fourth-order valence-electron chi connectivity index (χ4n) is 4.42. The monoisotopic (exact) mass is 411 g/mol. The molecule has 6 heteroatoms. The van der Waals surface area contributed by atoms with Gasteiger partial charge in [-0.25, -0.2) is 4.98 Å². The van der Waals surface area contributed by atoms with Crippen LogP contribution in [-0.2, 0) is 19.4 Å². The lowest BCUT2D eigenvalue weighted by atomic mass is 9.96. The molecule has 0 amide bonds. The predicted molar refractivity (Wildman–Crippen MR) is 123 cm³/mol. The summed E-state index contributed by atoms with van der Waals surface area (Å²) in [7, 11) is 0. The van der Waals surface area contributed by atoms with E-state index in [1.54, 1.807) is 6.20 Å². The maximum absolute atomic E-state index is 12.4. The summed E-state index contributed by atoms with van der Waals surface area (Å²) < 4.78 is 1.42. The van der Waals surface area contributed by atoms with Crippen molar-refractivity contribution in [1.29, 1.82) is 0 Å². The molecular formula is C25H25N5O. The number of aromatic nitrogens is 4. The van der Waals surface area contributed by atoms with Crippen molar-refractivity contribution in [3.63, 3.8) is 0 Å². The molecule has 1 aromatic carbocycles. The minimum absolute atomic E-state index is 0.160. The van der Waals surface area contributed by atoms with E-state index >= 15 is 0 Å². The lowest BCUT2D eigenvalue weighted by Gasteiger charge is -2.31. The molecule has 0 atom stereocenters. The largest absolute Gasteiger partial charge is 0.350 e. The van der Waals surface area contributed by atoms with Gasteiger partial charge in [0.05, 0.1) is 0 Å². The molecule has 1 aliphatic heterocycles. The molecule has 0 spiro atoms. The van der Waals surface area contributed by atoms with E-state index in [0.717, 1.165) is 54.1 Å². The van der Waals surface area contributed by atoms with Crippen LogP contribution >= 0.6 is 0 Å². The third-order valence-electron chi connectivity index (χ3n) is 6.30. The molecule has 0 bridgehead atoms. The second kappa shape index (κ2) is 7.61. The van der Waals surface area contributed by atoms with Crippen molar-refractivity contribution in [1.82, 2.24) is 19.6 Å². The number of hydrogen-bond acceptors (Lipinski definition) is 5. The Morgan fingerprint density at radius 2 is 1.90 bits per heavy atom. The predicted octanol–water partition coefficient (Wildman–Crippen LogP) is 3.89. The van der Waals surface area contributed by atoms with Crippen molar-refractivity contribution in [3.05, 3.63) is 87.1 Å². The highest BCUT2D eigenvalue weighted by molar-refractivity contribution is 5.68. The molecule has 5 rings (SSSR count). The van der Waals surface area contributed by atoms with Crippen molar-refractivity contribution in [3.8, 4) is 11.1 Å². The van der Waals surface area contributed by atoms with Crippen LogP contribution in [0.15, 0.2) is 53.6 Å². The van der Waals surface area contributed by atoms with Crippen LogP contribution in [0, 0.1) is 13.8 Å². The zero-order chi connectivity index (χ0) is 21.5. The van der Waals surface area contributed by atoms with E-state index in [9.17, 15) is 4.79 Å². The molecule has 6 nitrogen and oxygen atoms in total. The number of benzene rings is 1. The van der Waals surface area contributed by atoms with E-state index in [-0.39, 0.29) is 5.56 Å². The number of pyridine rings is 1. The number of anilines is 1. The van der Waals surface area contributed by atoms with Gasteiger partial charge in [-0.3, -0.25) is 9.78 Å². The molecule has 4 aromatic rings. The molecule has 1 aliphatic rings. The van der Waals surface area contributed by atoms with Crippen molar-refractivity contribution >= 4 is 11.5 Å². The van der Waals surface area contributed by atoms with Gasteiger partial charge in [0.15, 0.2) is 11.5 Å². The highest BCUT2D eigenvalue weighted by Gasteiger charge is 2.23. The fourth-order valence-corrected chi connectivity index (χ4v) is 4.42. The van der Waals surface area contributed by atoms with Crippen LogP contribution in [0.4, 0.5) is 5.82 Å². The molecule has 0 N–H and O–H groups in total. The SMILES string of the molecule is CCc1ccccc1-c1cnc2c(c1)CN(c1nn3c(=O)ccnc3c(C)c1C)CC2. The molecule has 0 fully saturated rings. The lowest BCUT2D eigenvalue weighted by Crippen LogP contribution is -2.33. The summed E-state index contributed by atoms with van der Waals surface area (Å²) in [6.45, 7) is 7.77. The summed E-state index contributed by atoms with van der Waals surface area (Å²) in [6.07, 6.45) is 5.38. The van der Waals surface area contributed by atoms with Crippen molar-refractivity contribution < 1.29 is 0 Å². The Kier molecular flexibility index (Phi) is 4.77. The van der Waals surface area contributed by atoms with Gasteiger partial charge in [-0.2, -0.15) is 4.52 Å². The number of hydrogen-bond donors (Lipinski definition) is 0. The summed E-state index contributed by atoms with van der Waals surface area (Å²) in [5, 5.41) is 4.69. The quantitative estimate of drug-likeness (QED) is 0.512. The molecule has 3 aromatic heterocycles. The first kappa shape index (κ1) is 19.4. The molecule has 156 valence electrons. The van der Waals surface area contributed by atoms with Crippen molar-refractivity contribution in [2.75, 3.05) is 11.4 Å². The fraction of sp³-hybridized carbons (Fsp3) is 0.280. The summed E-state index contributed by atoms with van der Waals surface area (Å²) in [4.78, 5) is 23.8. The second-order valence-corrected chi connectivity index (χ2v) is 8.10. The van der Waals surface area contributed by atoms with Gasteiger partial charge in [-0.1, -0.05) is 31.2 Å². The normalized spacial score (nSPS) is 13.5. The summed E-state index contributed by atoms with van der Waals surface area (Å²) >= 11 is 0. The van der Waals surface area contributed by atoms with E-state index in [1.165, 1.54) is 27.3 Å². The first-order chi connectivity index (χ1) is 15.1. The van der Waals surface area contributed by atoms with Gasteiger partial charge in [0, 0.05) is 60.4 Å². The van der Waals surface area contributed by atoms with Crippen LogP contribution in [0.1, 0.15) is 34.9 Å².